The molecule has 1 saturated heterocycles. The molecule has 0 radical (unpaired) electrons. The van der Waals surface area contributed by atoms with Gasteiger partial charge in [0.1, 0.15) is 6.04 Å². The Balaban J connectivity index is 2.20. The summed E-state index contributed by atoms with van der Waals surface area (Å²) in [6, 6.07) is 5.29. The first-order valence-electron chi connectivity index (χ1n) is 5.32. The first-order valence-corrected chi connectivity index (χ1v) is 6.12. The van der Waals surface area contributed by atoms with Gasteiger partial charge in [-0.05, 0) is 24.6 Å². The molecule has 0 aliphatic carbocycles. The quantitative estimate of drug-likeness (QED) is 0.849. The van der Waals surface area contributed by atoms with E-state index in [2.05, 4.69) is 21.2 Å². The fraction of sp³-hybridized carbons (Fsp3) is 0.333. The van der Waals surface area contributed by atoms with E-state index >= 15 is 0 Å². The van der Waals surface area contributed by atoms with Gasteiger partial charge in [-0.15, -0.1) is 0 Å². The Bertz CT molecular complexity index is 487. The number of hydrogen-bond donors (Lipinski definition) is 1. The molecule has 1 aromatic rings. The van der Waals surface area contributed by atoms with Crippen LogP contribution in [0.15, 0.2) is 22.7 Å². The minimum absolute atomic E-state index is 0.139. The molecule has 1 aromatic carbocycles. The van der Waals surface area contributed by atoms with Gasteiger partial charge in [-0.1, -0.05) is 22.0 Å². The van der Waals surface area contributed by atoms with Crippen LogP contribution in [0.2, 0.25) is 0 Å². The van der Waals surface area contributed by atoms with Crippen molar-refractivity contribution in [3.05, 3.63) is 28.2 Å². The summed E-state index contributed by atoms with van der Waals surface area (Å²) in [5.74, 6) is -0.311. The summed E-state index contributed by atoms with van der Waals surface area (Å²) in [6.07, 6.45) is 0.223. The van der Waals surface area contributed by atoms with E-state index < -0.39 is 6.04 Å². The van der Waals surface area contributed by atoms with Gasteiger partial charge in [-0.25, -0.2) is 0 Å². The second kappa shape index (κ2) is 4.49. The summed E-state index contributed by atoms with van der Waals surface area (Å²) in [7, 11) is 1.51. The Labute approximate surface area is 108 Å². The summed E-state index contributed by atoms with van der Waals surface area (Å²) >= 11 is 3.43. The first kappa shape index (κ1) is 12.1. The van der Waals surface area contributed by atoms with Crippen LogP contribution in [0.25, 0.3) is 0 Å². The maximum atomic E-state index is 11.7. The maximum absolute atomic E-state index is 11.7. The van der Waals surface area contributed by atoms with Gasteiger partial charge in [0.25, 0.3) is 5.91 Å². The van der Waals surface area contributed by atoms with E-state index in [9.17, 15) is 9.59 Å². The van der Waals surface area contributed by atoms with Crippen molar-refractivity contribution in [1.29, 1.82) is 0 Å². The number of nitrogens with one attached hydrogen (secondary N) is 1. The molecule has 2 rings (SSSR count). The van der Waals surface area contributed by atoms with Crippen molar-refractivity contribution >= 4 is 33.4 Å². The summed E-state index contributed by atoms with van der Waals surface area (Å²) < 4.78 is 0.979. The molecule has 1 fully saturated rings. The molecule has 1 heterocycles. The van der Waals surface area contributed by atoms with Crippen LogP contribution in [-0.4, -0.2) is 29.8 Å². The number of hydrogen-bond acceptors (Lipinski definition) is 3. The van der Waals surface area contributed by atoms with Crippen molar-refractivity contribution in [3.63, 3.8) is 0 Å². The Morgan fingerprint density at radius 2 is 2.12 bits per heavy atom. The molecular formula is C12H13BrN2O2. The molecule has 0 bridgehead atoms. The molecule has 0 saturated carbocycles. The van der Waals surface area contributed by atoms with E-state index in [1.165, 1.54) is 11.9 Å². The topological polar surface area (TPSA) is 49.4 Å². The number of imide groups is 1. The predicted octanol–water partition coefficient (Wildman–Crippen LogP) is 1.93. The number of benzene rings is 1. The van der Waals surface area contributed by atoms with Crippen molar-refractivity contribution in [2.75, 3.05) is 12.4 Å². The van der Waals surface area contributed by atoms with E-state index in [4.69, 9.17) is 0 Å². The van der Waals surface area contributed by atoms with Gasteiger partial charge in [-0.2, -0.15) is 0 Å². The lowest BCUT2D eigenvalue weighted by Crippen LogP contribution is -2.31. The van der Waals surface area contributed by atoms with Crippen molar-refractivity contribution in [2.45, 2.75) is 19.4 Å². The third-order valence-corrected chi connectivity index (χ3v) is 3.84. The van der Waals surface area contributed by atoms with E-state index in [0.717, 1.165) is 15.7 Å². The van der Waals surface area contributed by atoms with Gasteiger partial charge < -0.3 is 5.32 Å². The largest absolute Gasteiger partial charge is 0.373 e. The highest BCUT2D eigenvalue weighted by Crippen LogP contribution is 2.25. The average molecular weight is 297 g/mol. The molecule has 2 amide bonds. The van der Waals surface area contributed by atoms with Gasteiger partial charge in [0.2, 0.25) is 5.91 Å². The molecule has 90 valence electrons. The highest BCUT2D eigenvalue weighted by Gasteiger charge is 2.36. The summed E-state index contributed by atoms with van der Waals surface area (Å²) in [4.78, 5) is 24.3. The Hall–Kier alpha value is -1.36. The number of carbonyl (C=O) groups excluding carboxylic acids is 2. The molecule has 4 nitrogen and oxygen atoms in total. The van der Waals surface area contributed by atoms with Crippen LogP contribution in [0.3, 0.4) is 0 Å². The number of amides is 2. The minimum atomic E-state index is -0.444. The van der Waals surface area contributed by atoms with E-state index in [1.807, 2.05) is 25.1 Å². The zero-order valence-electron chi connectivity index (χ0n) is 9.66. The Kier molecular flexibility index (Phi) is 3.19. The molecular weight excluding hydrogens is 284 g/mol. The molecule has 1 atom stereocenters. The molecule has 17 heavy (non-hydrogen) atoms. The van der Waals surface area contributed by atoms with Gasteiger partial charge in [0.15, 0.2) is 0 Å². The number of likely N-dealkylation sites (tertiary alicyclic amines) is 1. The molecule has 1 unspecified atom stereocenters. The number of nitrogens with zero attached hydrogens (tertiary/aromatic N) is 1. The molecule has 1 N–H and O–H groups in total. The van der Waals surface area contributed by atoms with Crippen LogP contribution >= 0.6 is 15.9 Å². The van der Waals surface area contributed by atoms with Crippen LogP contribution in [0.5, 0.6) is 0 Å². The monoisotopic (exact) mass is 296 g/mol. The van der Waals surface area contributed by atoms with Crippen molar-refractivity contribution in [1.82, 2.24) is 4.90 Å². The Morgan fingerprint density at radius 1 is 1.41 bits per heavy atom. The standard InChI is InChI=1S/C12H13BrN2O2/c1-7-8(13)4-3-5-9(7)14-10-6-11(16)15(2)12(10)17/h3-5,10,14H,6H2,1-2H3. The lowest BCUT2D eigenvalue weighted by Gasteiger charge is -2.15. The highest BCUT2D eigenvalue weighted by atomic mass is 79.9. The second-order valence-corrected chi connectivity index (χ2v) is 4.96. The third-order valence-electron chi connectivity index (χ3n) is 2.98. The maximum Gasteiger partial charge on any atom is 0.251 e. The lowest BCUT2D eigenvalue weighted by atomic mass is 10.1. The number of anilines is 1. The van der Waals surface area contributed by atoms with Gasteiger partial charge in [0.05, 0.1) is 6.42 Å². The average Bonchev–Trinajstić information content (AvgIpc) is 2.53. The molecule has 0 aromatic heterocycles. The smallest absolute Gasteiger partial charge is 0.251 e. The minimum Gasteiger partial charge on any atom is -0.373 e. The zero-order valence-corrected chi connectivity index (χ0v) is 11.2. The van der Waals surface area contributed by atoms with Crippen molar-refractivity contribution < 1.29 is 9.59 Å². The summed E-state index contributed by atoms with van der Waals surface area (Å²) in [5, 5.41) is 3.12. The first-order chi connectivity index (χ1) is 8.00. The third kappa shape index (κ3) is 2.20. The number of rotatable bonds is 2. The van der Waals surface area contributed by atoms with E-state index in [1.54, 1.807) is 0 Å². The second-order valence-electron chi connectivity index (χ2n) is 4.10. The van der Waals surface area contributed by atoms with Crippen LogP contribution in [-0.2, 0) is 9.59 Å². The van der Waals surface area contributed by atoms with Crippen molar-refractivity contribution in [2.24, 2.45) is 0 Å². The normalized spacial score (nSPS) is 19.9. The van der Waals surface area contributed by atoms with Gasteiger partial charge in [0, 0.05) is 17.2 Å². The van der Waals surface area contributed by atoms with Crippen LogP contribution < -0.4 is 5.32 Å². The lowest BCUT2D eigenvalue weighted by molar-refractivity contribution is -0.136. The SMILES string of the molecule is Cc1c(Br)cccc1NC1CC(=O)N(C)C1=O. The highest BCUT2D eigenvalue weighted by molar-refractivity contribution is 9.10. The fourth-order valence-electron chi connectivity index (χ4n) is 1.82. The number of halogens is 1. The zero-order chi connectivity index (χ0) is 12.6. The predicted molar refractivity (Wildman–Crippen MR) is 68.7 cm³/mol. The Morgan fingerprint density at radius 3 is 2.71 bits per heavy atom. The molecule has 0 spiro atoms. The van der Waals surface area contributed by atoms with Crippen LogP contribution in [0, 0.1) is 6.92 Å². The summed E-state index contributed by atoms with van der Waals surface area (Å²) in [5.41, 5.74) is 1.91. The van der Waals surface area contributed by atoms with Gasteiger partial charge in [-0.3, -0.25) is 14.5 Å². The van der Waals surface area contributed by atoms with Crippen LogP contribution in [0.4, 0.5) is 5.69 Å². The van der Waals surface area contributed by atoms with Crippen LogP contribution in [0.1, 0.15) is 12.0 Å². The number of likely N-dealkylation sites (N-methyl/N-ethyl adjacent to an activating group) is 1. The molecule has 1 aliphatic rings. The van der Waals surface area contributed by atoms with Crippen molar-refractivity contribution in [3.8, 4) is 0 Å². The molecule has 1 aliphatic heterocycles. The molecule has 5 heteroatoms. The van der Waals surface area contributed by atoms with Gasteiger partial charge >= 0.3 is 0 Å². The van der Waals surface area contributed by atoms with E-state index in [0.29, 0.717) is 0 Å². The summed E-state index contributed by atoms with van der Waals surface area (Å²) in [6.45, 7) is 1.96. The fourth-order valence-corrected chi connectivity index (χ4v) is 2.19. The number of carbonyl (C=O) groups is 2. The van der Waals surface area contributed by atoms with E-state index in [-0.39, 0.29) is 18.2 Å².